The van der Waals surface area contributed by atoms with E-state index in [0.717, 1.165) is 73.3 Å². The van der Waals surface area contributed by atoms with E-state index in [-0.39, 0.29) is 17.7 Å². The molecule has 1 atom stereocenters. The first-order valence-corrected chi connectivity index (χ1v) is 15.5. The smallest absolute Gasteiger partial charge is 0.262 e. The zero-order valence-corrected chi connectivity index (χ0v) is 24.6. The number of rotatable bonds is 11. The second-order valence-corrected chi connectivity index (χ2v) is 12.2. The van der Waals surface area contributed by atoms with Crippen LogP contribution in [0.15, 0.2) is 54.6 Å². The lowest BCUT2D eigenvalue weighted by Crippen LogP contribution is -2.61. The molecule has 2 aromatic carbocycles. The van der Waals surface area contributed by atoms with E-state index in [1.165, 1.54) is 11.3 Å². The molecular weight excluding hydrogens is 536 g/mol. The number of carbonyl (C=O) groups is 3. The Bertz CT molecular complexity index is 1350. The predicted molar refractivity (Wildman–Crippen MR) is 162 cm³/mol. The molecule has 41 heavy (non-hydrogen) atoms. The summed E-state index contributed by atoms with van der Waals surface area (Å²) in [5.74, 6) is -0.733. The minimum Gasteiger partial charge on any atom is -0.379 e. The first kappa shape index (κ1) is 29.2. The molecule has 9 heteroatoms. The average Bonchev–Trinajstić information content (AvgIpc) is 3.65. The third kappa shape index (κ3) is 7.33. The monoisotopic (exact) mass is 576 g/mol. The normalized spacial score (nSPS) is 17.7. The minimum absolute atomic E-state index is 0.205. The van der Waals surface area contributed by atoms with Gasteiger partial charge in [-0.15, -0.1) is 11.3 Å². The third-order valence-electron chi connectivity index (χ3n) is 8.17. The summed E-state index contributed by atoms with van der Waals surface area (Å²) in [5.41, 5.74) is 1.06. The highest BCUT2D eigenvalue weighted by atomic mass is 32.1. The molecule has 2 fully saturated rings. The maximum Gasteiger partial charge on any atom is 0.262 e. The molecule has 1 aromatic heterocycles. The van der Waals surface area contributed by atoms with Gasteiger partial charge in [-0.05, 0) is 55.3 Å². The second-order valence-electron chi connectivity index (χ2n) is 11.2. The summed E-state index contributed by atoms with van der Waals surface area (Å²) in [5, 5.41) is 10.2. The molecule has 5 rings (SSSR count). The van der Waals surface area contributed by atoms with Gasteiger partial charge in [-0.25, -0.2) is 0 Å². The Labute approximate surface area is 245 Å². The fourth-order valence-corrected chi connectivity index (χ4v) is 6.83. The molecule has 0 radical (unpaired) electrons. The molecule has 2 heterocycles. The van der Waals surface area contributed by atoms with Gasteiger partial charge in [0.2, 0.25) is 11.8 Å². The lowest BCUT2D eigenvalue weighted by atomic mass is 9.94. The second kappa shape index (κ2) is 13.6. The molecular formula is C32H40N4O4S. The largest absolute Gasteiger partial charge is 0.379 e. The molecule has 3 amide bonds. The Hall–Kier alpha value is -3.27. The molecule has 8 nitrogen and oxygen atoms in total. The number of ether oxygens (including phenoxy) is 1. The first-order valence-electron chi connectivity index (χ1n) is 14.7. The number of hydrogen-bond donors (Lipinski definition) is 3. The van der Waals surface area contributed by atoms with Crippen LogP contribution in [0.3, 0.4) is 0 Å². The van der Waals surface area contributed by atoms with Crippen LogP contribution in [0, 0.1) is 6.92 Å². The van der Waals surface area contributed by atoms with E-state index in [9.17, 15) is 14.4 Å². The Morgan fingerprint density at radius 1 is 1.02 bits per heavy atom. The van der Waals surface area contributed by atoms with Gasteiger partial charge < -0.3 is 20.7 Å². The van der Waals surface area contributed by atoms with E-state index >= 15 is 0 Å². The Morgan fingerprint density at radius 3 is 2.51 bits per heavy atom. The van der Waals surface area contributed by atoms with Gasteiger partial charge in [-0.1, -0.05) is 61.4 Å². The van der Waals surface area contributed by atoms with Crippen LogP contribution in [0.1, 0.15) is 52.9 Å². The standard InChI is InChI=1S/C32H40N4O4S/c1-23-9-7-12-25-22-27(41-28(23)25)30(38)35-32(13-5-6-14-32)31(39)34-26(21-24-10-3-2-4-11-24)29(37)33-15-8-16-36-17-19-40-20-18-36/h2-4,7,9-12,22,26H,5-6,8,13-21H2,1H3,(H,33,37)(H,34,39)(H,35,38)/t26-/m1/s1. The molecule has 218 valence electrons. The number of nitrogens with zero attached hydrogens (tertiary/aromatic N) is 1. The van der Waals surface area contributed by atoms with Crippen molar-refractivity contribution < 1.29 is 19.1 Å². The van der Waals surface area contributed by atoms with Crippen molar-refractivity contribution >= 4 is 39.1 Å². The summed E-state index contributed by atoms with van der Waals surface area (Å²) in [6.07, 6.45) is 3.99. The summed E-state index contributed by atoms with van der Waals surface area (Å²) in [6, 6.07) is 16.9. The number of aryl methyl sites for hydroxylation is 1. The maximum absolute atomic E-state index is 13.9. The zero-order valence-electron chi connectivity index (χ0n) is 23.7. The number of fused-ring (bicyclic) bond motifs is 1. The summed E-state index contributed by atoms with van der Waals surface area (Å²) >= 11 is 1.45. The zero-order chi connectivity index (χ0) is 28.7. The molecule has 3 N–H and O–H groups in total. The fourth-order valence-electron chi connectivity index (χ4n) is 5.80. The van der Waals surface area contributed by atoms with Gasteiger partial charge in [0.25, 0.3) is 5.91 Å². The highest BCUT2D eigenvalue weighted by Crippen LogP contribution is 2.33. The van der Waals surface area contributed by atoms with Crippen LogP contribution >= 0.6 is 11.3 Å². The molecule has 1 saturated carbocycles. The average molecular weight is 577 g/mol. The van der Waals surface area contributed by atoms with E-state index in [2.05, 4.69) is 20.9 Å². The van der Waals surface area contributed by atoms with Gasteiger partial charge in [0.1, 0.15) is 11.6 Å². The number of carbonyl (C=O) groups excluding carboxylic acids is 3. The molecule has 2 aliphatic rings. The molecule has 1 saturated heterocycles. The topological polar surface area (TPSA) is 99.8 Å². The number of morpholine rings is 1. The molecule has 1 aliphatic heterocycles. The minimum atomic E-state index is -1.03. The van der Waals surface area contributed by atoms with E-state index in [1.807, 2.05) is 61.5 Å². The van der Waals surface area contributed by atoms with Crippen LogP contribution in [-0.4, -0.2) is 73.6 Å². The van der Waals surface area contributed by atoms with E-state index in [0.29, 0.717) is 30.7 Å². The Balaban J connectivity index is 1.26. The van der Waals surface area contributed by atoms with E-state index in [1.54, 1.807) is 0 Å². The van der Waals surface area contributed by atoms with Crippen LogP contribution in [-0.2, 0) is 20.7 Å². The third-order valence-corrected chi connectivity index (χ3v) is 9.45. The summed E-state index contributed by atoms with van der Waals surface area (Å²) in [6.45, 7) is 6.78. The number of amides is 3. The van der Waals surface area contributed by atoms with Crippen LogP contribution in [0.25, 0.3) is 10.1 Å². The maximum atomic E-state index is 13.9. The van der Waals surface area contributed by atoms with Crippen molar-refractivity contribution in [1.29, 1.82) is 0 Å². The molecule has 0 spiro atoms. The highest BCUT2D eigenvalue weighted by molar-refractivity contribution is 7.21. The van der Waals surface area contributed by atoms with Crippen molar-refractivity contribution in [2.75, 3.05) is 39.4 Å². The number of benzene rings is 2. The van der Waals surface area contributed by atoms with Crippen LogP contribution in [0.5, 0.6) is 0 Å². The number of hydrogen-bond acceptors (Lipinski definition) is 6. The van der Waals surface area contributed by atoms with Gasteiger partial charge >= 0.3 is 0 Å². The molecule has 0 bridgehead atoms. The lowest BCUT2D eigenvalue weighted by molar-refractivity contribution is -0.132. The van der Waals surface area contributed by atoms with E-state index in [4.69, 9.17) is 4.74 Å². The lowest BCUT2D eigenvalue weighted by Gasteiger charge is -2.31. The van der Waals surface area contributed by atoms with Crippen molar-refractivity contribution in [2.24, 2.45) is 0 Å². The summed E-state index contributed by atoms with van der Waals surface area (Å²) in [4.78, 5) is 43.6. The van der Waals surface area contributed by atoms with Crippen molar-refractivity contribution in [3.8, 4) is 0 Å². The molecule has 3 aromatic rings. The Kier molecular flexibility index (Phi) is 9.69. The van der Waals surface area contributed by atoms with Crippen molar-refractivity contribution in [2.45, 2.75) is 57.0 Å². The SMILES string of the molecule is Cc1cccc2cc(C(=O)NC3(C(=O)N[C@H](Cc4ccccc4)C(=O)NCCCN4CCOCC4)CCCC3)sc12. The van der Waals surface area contributed by atoms with Gasteiger partial charge in [0.15, 0.2) is 0 Å². The van der Waals surface area contributed by atoms with Gasteiger partial charge in [-0.2, -0.15) is 0 Å². The number of thiophene rings is 1. The summed E-state index contributed by atoms with van der Waals surface area (Å²) in [7, 11) is 0. The van der Waals surface area contributed by atoms with Crippen molar-refractivity contribution in [1.82, 2.24) is 20.9 Å². The van der Waals surface area contributed by atoms with Crippen LogP contribution in [0.2, 0.25) is 0 Å². The van der Waals surface area contributed by atoms with Gasteiger partial charge in [0, 0.05) is 30.8 Å². The van der Waals surface area contributed by atoms with Gasteiger partial charge in [0.05, 0.1) is 18.1 Å². The quantitative estimate of drug-likeness (QED) is 0.302. The number of nitrogens with one attached hydrogen (secondary N) is 3. The van der Waals surface area contributed by atoms with Crippen molar-refractivity contribution in [3.63, 3.8) is 0 Å². The van der Waals surface area contributed by atoms with Crippen molar-refractivity contribution in [3.05, 3.63) is 70.6 Å². The van der Waals surface area contributed by atoms with Crippen LogP contribution in [0.4, 0.5) is 0 Å². The van der Waals surface area contributed by atoms with Gasteiger partial charge in [-0.3, -0.25) is 19.3 Å². The summed E-state index contributed by atoms with van der Waals surface area (Å²) < 4.78 is 6.49. The fraction of sp³-hybridized carbons (Fsp3) is 0.469. The van der Waals surface area contributed by atoms with Crippen LogP contribution < -0.4 is 16.0 Å². The van der Waals surface area contributed by atoms with E-state index < -0.39 is 11.6 Å². The Morgan fingerprint density at radius 2 is 1.78 bits per heavy atom. The predicted octanol–water partition coefficient (Wildman–Crippen LogP) is 3.82. The molecule has 1 aliphatic carbocycles. The highest BCUT2D eigenvalue weighted by Gasteiger charge is 2.44. The molecule has 0 unspecified atom stereocenters. The first-order chi connectivity index (χ1) is 19.9.